The van der Waals surface area contributed by atoms with Gasteiger partial charge in [-0.15, -0.1) is 0 Å². The first-order chi connectivity index (χ1) is 16.2. The second-order valence-electron chi connectivity index (χ2n) is 8.30. The highest BCUT2D eigenvalue weighted by Crippen LogP contribution is 2.26. The number of hydrogen-bond donors (Lipinski definition) is 1. The van der Waals surface area contributed by atoms with E-state index in [0.717, 1.165) is 5.56 Å². The van der Waals surface area contributed by atoms with Crippen LogP contribution in [0.1, 0.15) is 45.2 Å². The van der Waals surface area contributed by atoms with Crippen LogP contribution in [-0.2, 0) is 24.3 Å². The molecule has 0 saturated carbocycles. The van der Waals surface area contributed by atoms with Gasteiger partial charge in [-0.05, 0) is 63.4 Å². The van der Waals surface area contributed by atoms with Gasteiger partial charge in [0.15, 0.2) is 6.10 Å². The molecule has 0 aliphatic carbocycles. The molecule has 2 aromatic carbocycles. The number of carbonyl (C=O) groups excluding carboxylic acids is 2. The second-order valence-corrected chi connectivity index (χ2v) is 10.2. The van der Waals surface area contributed by atoms with Crippen LogP contribution in [0, 0.1) is 5.92 Å². The number of nitrogens with zero attached hydrogens (tertiary/aromatic N) is 1. The van der Waals surface area contributed by atoms with E-state index in [1.807, 2.05) is 44.2 Å². The van der Waals surface area contributed by atoms with Crippen LogP contribution in [0.2, 0.25) is 0 Å². The van der Waals surface area contributed by atoms with Gasteiger partial charge >= 0.3 is 5.97 Å². The van der Waals surface area contributed by atoms with Crippen molar-refractivity contribution in [2.24, 2.45) is 5.92 Å². The first-order valence-electron chi connectivity index (χ1n) is 11.5. The maximum absolute atomic E-state index is 12.9. The zero-order valence-corrected chi connectivity index (χ0v) is 20.6. The summed E-state index contributed by atoms with van der Waals surface area (Å²) in [6.07, 6.45) is -0.266. The highest BCUT2D eigenvalue weighted by atomic mass is 32.2. The molecule has 1 aliphatic heterocycles. The van der Waals surface area contributed by atoms with Gasteiger partial charge in [-0.3, -0.25) is 9.59 Å². The third kappa shape index (κ3) is 6.36. The Hall–Kier alpha value is -2.91. The summed E-state index contributed by atoms with van der Waals surface area (Å²) in [6, 6.07) is 15.6. The fraction of sp³-hybridized carbons (Fsp3) is 0.440. The number of rotatable bonds is 9. The number of benzene rings is 2. The van der Waals surface area contributed by atoms with Crippen LogP contribution < -0.4 is 10.1 Å². The Balaban J connectivity index is 1.50. The Labute approximate surface area is 201 Å². The predicted octanol–water partition coefficient (Wildman–Crippen LogP) is 3.30. The van der Waals surface area contributed by atoms with Crippen LogP contribution in [0.15, 0.2) is 59.5 Å². The van der Waals surface area contributed by atoms with Crippen molar-refractivity contribution >= 4 is 21.9 Å². The van der Waals surface area contributed by atoms with Gasteiger partial charge in [0.05, 0.1) is 23.5 Å². The Morgan fingerprint density at radius 1 is 1.03 bits per heavy atom. The van der Waals surface area contributed by atoms with Crippen LogP contribution >= 0.6 is 0 Å². The molecule has 34 heavy (non-hydrogen) atoms. The van der Waals surface area contributed by atoms with Gasteiger partial charge in [-0.25, -0.2) is 8.42 Å². The number of hydrogen-bond acceptors (Lipinski definition) is 6. The minimum Gasteiger partial charge on any atom is -0.494 e. The van der Waals surface area contributed by atoms with Crippen molar-refractivity contribution in [1.29, 1.82) is 0 Å². The Kier molecular flexibility index (Phi) is 8.68. The molecular formula is C25H32N2O6S. The fourth-order valence-electron chi connectivity index (χ4n) is 3.84. The first kappa shape index (κ1) is 25.7. The lowest BCUT2D eigenvalue weighted by molar-refractivity contribution is -0.160. The lowest BCUT2D eigenvalue weighted by Crippen LogP contribution is -2.42. The topological polar surface area (TPSA) is 102 Å². The number of nitrogens with one attached hydrogen (secondary N) is 1. The number of carbonyl (C=O) groups is 2. The summed E-state index contributed by atoms with van der Waals surface area (Å²) in [7, 11) is -3.66. The molecule has 0 aromatic heterocycles. The Morgan fingerprint density at radius 3 is 2.24 bits per heavy atom. The van der Waals surface area contributed by atoms with Gasteiger partial charge in [0.2, 0.25) is 10.0 Å². The molecule has 1 aliphatic rings. The molecule has 9 heteroatoms. The maximum Gasteiger partial charge on any atom is 0.309 e. The molecule has 0 spiro atoms. The molecule has 1 amide bonds. The van der Waals surface area contributed by atoms with E-state index in [9.17, 15) is 18.0 Å². The molecule has 1 N–H and O–H groups in total. The van der Waals surface area contributed by atoms with Crippen LogP contribution in [-0.4, -0.2) is 50.4 Å². The van der Waals surface area contributed by atoms with Crippen LogP contribution in [0.25, 0.3) is 0 Å². The summed E-state index contributed by atoms with van der Waals surface area (Å²) in [6.45, 7) is 6.18. The Morgan fingerprint density at radius 2 is 1.65 bits per heavy atom. The minimum absolute atomic E-state index is 0.190. The van der Waals surface area contributed by atoms with E-state index in [2.05, 4.69) is 5.32 Å². The monoisotopic (exact) mass is 488 g/mol. The van der Waals surface area contributed by atoms with Gasteiger partial charge in [-0.2, -0.15) is 4.31 Å². The summed E-state index contributed by atoms with van der Waals surface area (Å²) < 4.78 is 38.0. The van der Waals surface area contributed by atoms with Crippen molar-refractivity contribution in [2.75, 3.05) is 19.7 Å². The molecule has 2 unspecified atom stereocenters. The third-order valence-electron chi connectivity index (χ3n) is 5.88. The van der Waals surface area contributed by atoms with Crippen molar-refractivity contribution in [3.63, 3.8) is 0 Å². The van der Waals surface area contributed by atoms with Crippen molar-refractivity contribution in [1.82, 2.24) is 9.62 Å². The molecule has 2 atom stereocenters. The second kappa shape index (κ2) is 11.5. The van der Waals surface area contributed by atoms with Gasteiger partial charge < -0.3 is 14.8 Å². The fourth-order valence-corrected chi connectivity index (χ4v) is 5.30. The van der Waals surface area contributed by atoms with Crippen LogP contribution in [0.5, 0.6) is 5.75 Å². The SMILES string of the molecule is CCOc1ccc(S(=O)(=O)N2CCC(C(=O)OC(C)C(=O)NC(C)c3ccccc3)CC2)cc1. The van der Waals surface area contributed by atoms with E-state index in [1.54, 1.807) is 12.1 Å². The van der Waals surface area contributed by atoms with Crippen LogP contribution in [0.4, 0.5) is 0 Å². The number of sulfonamides is 1. The van der Waals surface area contributed by atoms with Gasteiger partial charge in [-0.1, -0.05) is 30.3 Å². The van der Waals surface area contributed by atoms with Gasteiger partial charge in [0, 0.05) is 13.1 Å². The summed E-state index contributed by atoms with van der Waals surface area (Å²) in [5.74, 6) is -0.693. The lowest BCUT2D eigenvalue weighted by atomic mass is 9.98. The van der Waals surface area contributed by atoms with Crippen LogP contribution in [0.3, 0.4) is 0 Å². The molecule has 0 radical (unpaired) electrons. The molecule has 1 fully saturated rings. The third-order valence-corrected chi connectivity index (χ3v) is 7.79. The molecule has 2 aromatic rings. The number of piperidine rings is 1. The quantitative estimate of drug-likeness (QED) is 0.544. The normalized spacial score (nSPS) is 16.9. The smallest absolute Gasteiger partial charge is 0.309 e. The molecular weight excluding hydrogens is 456 g/mol. The van der Waals surface area contributed by atoms with E-state index < -0.39 is 28.0 Å². The van der Waals surface area contributed by atoms with E-state index in [0.29, 0.717) is 25.2 Å². The van der Waals surface area contributed by atoms with Crippen molar-refractivity contribution in [3.05, 3.63) is 60.2 Å². The van der Waals surface area contributed by atoms with Gasteiger partial charge in [0.25, 0.3) is 5.91 Å². The standard InChI is InChI=1S/C25H32N2O6S/c1-4-32-22-10-12-23(13-11-22)34(30,31)27-16-14-21(15-17-27)25(29)33-19(3)24(28)26-18(2)20-8-6-5-7-9-20/h5-13,18-19,21H,4,14-17H2,1-3H3,(H,26,28). The summed E-state index contributed by atoms with van der Waals surface area (Å²) >= 11 is 0. The maximum atomic E-state index is 12.9. The molecule has 1 heterocycles. The molecule has 3 rings (SSSR count). The summed E-state index contributed by atoms with van der Waals surface area (Å²) in [5.41, 5.74) is 0.954. The molecule has 1 saturated heterocycles. The highest BCUT2D eigenvalue weighted by molar-refractivity contribution is 7.89. The number of esters is 1. The van der Waals surface area contributed by atoms with E-state index in [-0.39, 0.29) is 29.9 Å². The van der Waals surface area contributed by atoms with Crippen molar-refractivity contribution < 1.29 is 27.5 Å². The molecule has 0 bridgehead atoms. The van der Waals surface area contributed by atoms with E-state index in [1.165, 1.54) is 23.4 Å². The zero-order chi connectivity index (χ0) is 24.7. The predicted molar refractivity (Wildman–Crippen MR) is 128 cm³/mol. The molecule has 8 nitrogen and oxygen atoms in total. The van der Waals surface area contributed by atoms with Crippen molar-refractivity contribution in [3.8, 4) is 5.75 Å². The molecule has 184 valence electrons. The Bertz CT molecular complexity index is 1060. The zero-order valence-electron chi connectivity index (χ0n) is 19.8. The minimum atomic E-state index is -3.66. The average Bonchev–Trinajstić information content (AvgIpc) is 2.85. The lowest BCUT2D eigenvalue weighted by Gasteiger charge is -2.30. The number of amides is 1. The van der Waals surface area contributed by atoms with Gasteiger partial charge in [0.1, 0.15) is 5.75 Å². The largest absolute Gasteiger partial charge is 0.494 e. The van der Waals surface area contributed by atoms with E-state index >= 15 is 0 Å². The summed E-state index contributed by atoms with van der Waals surface area (Å²) in [5, 5.41) is 2.85. The highest BCUT2D eigenvalue weighted by Gasteiger charge is 2.34. The van der Waals surface area contributed by atoms with Crippen molar-refractivity contribution in [2.45, 2.75) is 50.7 Å². The number of ether oxygens (including phenoxy) is 2. The first-order valence-corrected chi connectivity index (χ1v) is 12.9. The average molecular weight is 489 g/mol. The van der Waals surface area contributed by atoms with E-state index in [4.69, 9.17) is 9.47 Å². The summed E-state index contributed by atoms with van der Waals surface area (Å²) in [4.78, 5) is 25.3.